The molecule has 6 nitrogen and oxygen atoms in total. The molecule has 0 aliphatic heterocycles. The Labute approximate surface area is 179 Å². The summed E-state index contributed by atoms with van der Waals surface area (Å²) in [7, 11) is 0. The maximum absolute atomic E-state index is 12.2. The molecule has 4 aromatic rings. The van der Waals surface area contributed by atoms with Gasteiger partial charge in [-0.3, -0.25) is 4.79 Å². The molecule has 1 heterocycles. The number of fused-ring (bicyclic) bond motifs is 1. The van der Waals surface area contributed by atoms with Gasteiger partial charge in [-0.2, -0.15) is 0 Å². The van der Waals surface area contributed by atoms with Gasteiger partial charge in [-0.15, -0.1) is 0 Å². The van der Waals surface area contributed by atoms with Gasteiger partial charge < -0.3 is 19.2 Å². The summed E-state index contributed by atoms with van der Waals surface area (Å²) in [6, 6.07) is 23.4. The third-order valence-electron chi connectivity index (χ3n) is 4.62. The van der Waals surface area contributed by atoms with Crippen molar-refractivity contribution in [2.45, 2.75) is 6.92 Å². The van der Waals surface area contributed by atoms with Crippen molar-refractivity contribution in [2.24, 2.45) is 0 Å². The first-order valence-electron chi connectivity index (χ1n) is 9.91. The van der Waals surface area contributed by atoms with Crippen molar-refractivity contribution in [3.05, 3.63) is 89.3 Å². The van der Waals surface area contributed by atoms with Gasteiger partial charge in [-0.05, 0) is 54.4 Å². The third kappa shape index (κ3) is 4.93. The first-order chi connectivity index (χ1) is 15.1. The van der Waals surface area contributed by atoms with Crippen molar-refractivity contribution < 1.29 is 18.7 Å². The van der Waals surface area contributed by atoms with E-state index in [1.54, 1.807) is 36.4 Å². The second-order valence-corrected chi connectivity index (χ2v) is 6.80. The van der Waals surface area contributed by atoms with Crippen molar-refractivity contribution in [3.8, 4) is 22.6 Å². The van der Waals surface area contributed by atoms with Crippen LogP contribution in [-0.4, -0.2) is 19.1 Å². The number of hydrogen-bond acceptors (Lipinski definition) is 5. The first-order valence-corrected chi connectivity index (χ1v) is 9.91. The molecule has 0 bridgehead atoms. The zero-order valence-electron chi connectivity index (χ0n) is 17.0. The molecule has 0 saturated heterocycles. The summed E-state index contributed by atoms with van der Waals surface area (Å²) in [5, 5.41) is 3.55. The molecular formula is C25H21NO5. The van der Waals surface area contributed by atoms with Crippen LogP contribution in [0.4, 0.5) is 5.69 Å². The second kappa shape index (κ2) is 9.17. The molecule has 0 saturated carbocycles. The van der Waals surface area contributed by atoms with E-state index in [0.29, 0.717) is 23.6 Å². The molecule has 3 aromatic carbocycles. The van der Waals surface area contributed by atoms with Gasteiger partial charge >= 0.3 is 5.63 Å². The normalized spacial score (nSPS) is 10.6. The number of ether oxygens (including phenoxy) is 2. The van der Waals surface area contributed by atoms with E-state index in [4.69, 9.17) is 13.9 Å². The lowest BCUT2D eigenvalue weighted by molar-refractivity contribution is -0.118. The number of rotatable bonds is 7. The lowest BCUT2D eigenvalue weighted by Gasteiger charge is -2.10. The van der Waals surface area contributed by atoms with E-state index < -0.39 is 5.63 Å². The predicted molar refractivity (Wildman–Crippen MR) is 120 cm³/mol. The molecule has 0 unspecified atom stereocenters. The minimum absolute atomic E-state index is 0.179. The SMILES string of the molecule is CCOc1ccc(NC(=O)COc2ccc3c(-c4ccccc4)cc(=O)oc3c2)cc1. The summed E-state index contributed by atoms with van der Waals surface area (Å²) < 4.78 is 16.3. The molecule has 0 radical (unpaired) electrons. The van der Waals surface area contributed by atoms with Crippen LogP contribution in [0.2, 0.25) is 0 Å². The van der Waals surface area contributed by atoms with Gasteiger partial charge in [0.2, 0.25) is 0 Å². The van der Waals surface area contributed by atoms with Crippen LogP contribution < -0.4 is 20.4 Å². The predicted octanol–water partition coefficient (Wildman–Crippen LogP) is 4.88. The highest BCUT2D eigenvalue weighted by molar-refractivity contribution is 5.94. The summed E-state index contributed by atoms with van der Waals surface area (Å²) in [6.45, 7) is 2.31. The smallest absolute Gasteiger partial charge is 0.336 e. The molecule has 1 amide bonds. The highest BCUT2D eigenvalue weighted by Crippen LogP contribution is 2.29. The molecule has 4 rings (SSSR count). The van der Waals surface area contributed by atoms with E-state index in [2.05, 4.69) is 5.32 Å². The molecular weight excluding hydrogens is 394 g/mol. The van der Waals surface area contributed by atoms with E-state index in [1.165, 1.54) is 6.07 Å². The zero-order valence-corrected chi connectivity index (χ0v) is 17.0. The number of amides is 1. The van der Waals surface area contributed by atoms with Gasteiger partial charge in [0.25, 0.3) is 5.91 Å². The van der Waals surface area contributed by atoms with E-state index in [1.807, 2.05) is 43.3 Å². The van der Waals surface area contributed by atoms with Crippen LogP contribution in [0.1, 0.15) is 6.92 Å². The molecule has 156 valence electrons. The van der Waals surface area contributed by atoms with E-state index in [-0.39, 0.29) is 12.5 Å². The van der Waals surface area contributed by atoms with Gasteiger partial charge in [0, 0.05) is 23.2 Å². The second-order valence-electron chi connectivity index (χ2n) is 6.80. The van der Waals surface area contributed by atoms with Crippen molar-refractivity contribution in [1.29, 1.82) is 0 Å². The minimum atomic E-state index is -0.447. The Balaban J connectivity index is 1.46. The van der Waals surface area contributed by atoms with E-state index >= 15 is 0 Å². The molecule has 31 heavy (non-hydrogen) atoms. The fraction of sp³-hybridized carbons (Fsp3) is 0.120. The van der Waals surface area contributed by atoms with Crippen LogP contribution in [0.3, 0.4) is 0 Å². The zero-order chi connectivity index (χ0) is 21.6. The number of benzene rings is 3. The summed E-state index contributed by atoms with van der Waals surface area (Å²) in [6.07, 6.45) is 0. The molecule has 0 aliphatic carbocycles. The van der Waals surface area contributed by atoms with Crippen molar-refractivity contribution >= 4 is 22.6 Å². The van der Waals surface area contributed by atoms with Crippen LogP contribution in [0.25, 0.3) is 22.1 Å². The molecule has 0 aliphatic rings. The Kier molecular flexibility index (Phi) is 5.98. The number of nitrogens with one attached hydrogen (secondary N) is 1. The fourth-order valence-corrected chi connectivity index (χ4v) is 3.24. The Bertz CT molecular complexity index is 1250. The summed E-state index contributed by atoms with van der Waals surface area (Å²) in [5.41, 5.74) is 2.30. The topological polar surface area (TPSA) is 77.8 Å². The highest BCUT2D eigenvalue weighted by atomic mass is 16.5. The first kappa shape index (κ1) is 20.2. The number of carbonyl (C=O) groups is 1. The summed E-state index contributed by atoms with van der Waals surface area (Å²) in [4.78, 5) is 24.3. The Morgan fingerprint density at radius 2 is 1.65 bits per heavy atom. The molecule has 1 aromatic heterocycles. The summed E-state index contributed by atoms with van der Waals surface area (Å²) in [5.74, 6) is 0.871. The maximum atomic E-state index is 12.2. The Morgan fingerprint density at radius 3 is 2.39 bits per heavy atom. The lowest BCUT2D eigenvalue weighted by atomic mass is 10.0. The lowest BCUT2D eigenvalue weighted by Crippen LogP contribution is -2.20. The molecule has 0 spiro atoms. The van der Waals surface area contributed by atoms with Crippen LogP contribution in [0, 0.1) is 0 Å². The number of anilines is 1. The molecule has 0 atom stereocenters. The Hall–Kier alpha value is -4.06. The maximum Gasteiger partial charge on any atom is 0.336 e. The van der Waals surface area contributed by atoms with E-state index in [0.717, 1.165) is 22.3 Å². The van der Waals surface area contributed by atoms with Crippen molar-refractivity contribution in [2.75, 3.05) is 18.5 Å². The number of hydrogen-bond donors (Lipinski definition) is 1. The molecule has 1 N–H and O–H groups in total. The van der Waals surface area contributed by atoms with Crippen LogP contribution in [0.5, 0.6) is 11.5 Å². The van der Waals surface area contributed by atoms with Crippen molar-refractivity contribution in [1.82, 2.24) is 0 Å². The quantitative estimate of drug-likeness (QED) is 0.436. The van der Waals surface area contributed by atoms with Crippen LogP contribution >= 0.6 is 0 Å². The van der Waals surface area contributed by atoms with Crippen LogP contribution in [-0.2, 0) is 4.79 Å². The highest BCUT2D eigenvalue weighted by Gasteiger charge is 2.10. The van der Waals surface area contributed by atoms with Gasteiger partial charge in [0.05, 0.1) is 6.61 Å². The largest absolute Gasteiger partial charge is 0.494 e. The van der Waals surface area contributed by atoms with Gasteiger partial charge in [0.15, 0.2) is 6.61 Å². The monoisotopic (exact) mass is 415 g/mol. The molecule has 0 fully saturated rings. The fourth-order valence-electron chi connectivity index (χ4n) is 3.24. The van der Waals surface area contributed by atoms with Crippen molar-refractivity contribution in [3.63, 3.8) is 0 Å². The van der Waals surface area contributed by atoms with Gasteiger partial charge in [-0.1, -0.05) is 30.3 Å². The van der Waals surface area contributed by atoms with Crippen LogP contribution in [0.15, 0.2) is 88.1 Å². The Morgan fingerprint density at radius 1 is 0.903 bits per heavy atom. The number of carbonyl (C=O) groups excluding carboxylic acids is 1. The van der Waals surface area contributed by atoms with Gasteiger partial charge in [-0.25, -0.2) is 4.79 Å². The van der Waals surface area contributed by atoms with Gasteiger partial charge in [0.1, 0.15) is 17.1 Å². The standard InChI is InChI=1S/C25H21NO5/c1-2-29-19-10-8-18(9-11-19)26-24(27)16-30-20-12-13-21-22(17-6-4-3-5-7-17)15-25(28)31-23(21)14-20/h3-15H,2,16H2,1H3,(H,26,27). The summed E-state index contributed by atoms with van der Waals surface area (Å²) >= 11 is 0. The third-order valence-corrected chi connectivity index (χ3v) is 4.62. The molecule has 6 heteroatoms. The average molecular weight is 415 g/mol. The average Bonchev–Trinajstić information content (AvgIpc) is 2.79. The van der Waals surface area contributed by atoms with E-state index in [9.17, 15) is 9.59 Å². The minimum Gasteiger partial charge on any atom is -0.494 e.